The zero-order chi connectivity index (χ0) is 17.8. The number of unbranched alkanes of at least 4 members (excludes halogenated alkanes) is 2. The lowest BCUT2D eigenvalue weighted by atomic mass is 9.86. The Kier molecular flexibility index (Phi) is 5.69. The molecule has 3 nitrogen and oxygen atoms in total. The third kappa shape index (κ3) is 4.01. The Morgan fingerprint density at radius 1 is 1.36 bits per heavy atom. The molecule has 0 unspecified atom stereocenters. The fourth-order valence-electron chi connectivity index (χ4n) is 3.73. The molecule has 1 N–H and O–H groups in total. The van der Waals surface area contributed by atoms with E-state index in [1.165, 1.54) is 37.0 Å². The van der Waals surface area contributed by atoms with Crippen LogP contribution in [-0.4, -0.2) is 35.3 Å². The molecule has 1 fully saturated rings. The van der Waals surface area contributed by atoms with Crippen LogP contribution in [0, 0.1) is 11.7 Å². The Bertz CT molecular complexity index is 777. The van der Waals surface area contributed by atoms with E-state index in [4.69, 9.17) is 0 Å². The van der Waals surface area contributed by atoms with E-state index in [0.29, 0.717) is 11.2 Å². The summed E-state index contributed by atoms with van der Waals surface area (Å²) in [7, 11) is 0. The number of allylic oxidation sites excluding steroid dienone is 1. The number of piperidine rings is 1. The molecule has 0 bridgehead atoms. The van der Waals surface area contributed by atoms with Crippen LogP contribution < -0.4 is 0 Å². The number of halogens is 1. The monoisotopic (exact) mass is 342 g/mol. The zero-order valence-corrected chi connectivity index (χ0v) is 15.1. The van der Waals surface area contributed by atoms with E-state index >= 15 is 0 Å². The number of aromatic amines is 1. The van der Waals surface area contributed by atoms with Crippen molar-refractivity contribution in [3.8, 4) is 0 Å². The van der Waals surface area contributed by atoms with Gasteiger partial charge in [0, 0.05) is 23.4 Å². The Hall–Kier alpha value is -1.94. The second kappa shape index (κ2) is 7.96. The van der Waals surface area contributed by atoms with Gasteiger partial charge in [-0.25, -0.2) is 4.39 Å². The van der Waals surface area contributed by atoms with Crippen LogP contribution >= 0.6 is 0 Å². The van der Waals surface area contributed by atoms with Gasteiger partial charge in [-0.15, -0.1) is 0 Å². The molecule has 0 radical (unpaired) electrons. The molecule has 2 aromatic rings. The summed E-state index contributed by atoms with van der Waals surface area (Å²) < 4.78 is 13.4. The quantitative estimate of drug-likeness (QED) is 0.458. The van der Waals surface area contributed by atoms with Crippen molar-refractivity contribution in [2.24, 2.45) is 5.92 Å². The summed E-state index contributed by atoms with van der Waals surface area (Å²) >= 11 is 0. The number of fused-ring (bicyclic) bond motifs is 1. The van der Waals surface area contributed by atoms with Crippen LogP contribution in [0.3, 0.4) is 0 Å². The molecule has 2 heterocycles. The Labute approximate surface area is 148 Å². The Balaban J connectivity index is 1.72. The second-order valence-electron chi connectivity index (χ2n) is 6.97. The largest absolute Gasteiger partial charge is 0.352 e. The van der Waals surface area contributed by atoms with Crippen molar-refractivity contribution in [2.75, 3.05) is 19.6 Å². The number of H-pyrrole nitrogens is 1. The SMILES string of the molecule is C/C=C1/CN(CCCCC)CC[C@H]1C(=O)c1cc2ccc(F)cc2[nH]1. The van der Waals surface area contributed by atoms with Gasteiger partial charge >= 0.3 is 0 Å². The minimum absolute atomic E-state index is 0.0645. The van der Waals surface area contributed by atoms with E-state index in [0.717, 1.165) is 31.4 Å². The molecule has 1 saturated heterocycles. The van der Waals surface area contributed by atoms with Crippen LogP contribution in [0.2, 0.25) is 0 Å². The minimum Gasteiger partial charge on any atom is -0.352 e. The molecule has 1 atom stereocenters. The lowest BCUT2D eigenvalue weighted by molar-refractivity contribution is 0.0895. The molecule has 0 aliphatic carbocycles. The minimum atomic E-state index is -0.289. The van der Waals surface area contributed by atoms with Gasteiger partial charge in [0.15, 0.2) is 5.78 Å². The maximum Gasteiger partial charge on any atom is 0.186 e. The third-order valence-corrected chi connectivity index (χ3v) is 5.20. The third-order valence-electron chi connectivity index (χ3n) is 5.20. The van der Waals surface area contributed by atoms with Crippen LogP contribution in [0.1, 0.15) is 50.0 Å². The van der Waals surface area contributed by atoms with Crippen molar-refractivity contribution in [1.82, 2.24) is 9.88 Å². The van der Waals surface area contributed by atoms with Gasteiger partial charge < -0.3 is 4.98 Å². The summed E-state index contributed by atoms with van der Waals surface area (Å²) in [5, 5.41) is 0.878. The Morgan fingerprint density at radius 2 is 2.20 bits per heavy atom. The zero-order valence-electron chi connectivity index (χ0n) is 15.1. The number of nitrogens with one attached hydrogen (secondary N) is 1. The van der Waals surface area contributed by atoms with Crippen LogP contribution in [0.15, 0.2) is 35.9 Å². The van der Waals surface area contributed by atoms with Crippen LogP contribution in [0.4, 0.5) is 4.39 Å². The smallest absolute Gasteiger partial charge is 0.186 e. The predicted molar refractivity (Wildman–Crippen MR) is 100 cm³/mol. The van der Waals surface area contributed by atoms with Crippen LogP contribution in [-0.2, 0) is 0 Å². The average molecular weight is 342 g/mol. The lowest BCUT2D eigenvalue weighted by Crippen LogP contribution is -2.38. The Morgan fingerprint density at radius 3 is 2.96 bits per heavy atom. The molecule has 1 aromatic heterocycles. The first-order valence-corrected chi connectivity index (χ1v) is 9.32. The van der Waals surface area contributed by atoms with Crippen LogP contribution in [0.25, 0.3) is 10.9 Å². The number of carbonyl (C=O) groups excluding carboxylic acids is 1. The highest BCUT2D eigenvalue weighted by atomic mass is 19.1. The van der Waals surface area contributed by atoms with Crippen molar-refractivity contribution in [3.63, 3.8) is 0 Å². The number of aromatic nitrogens is 1. The summed E-state index contributed by atoms with van der Waals surface area (Å²) in [5.41, 5.74) is 2.48. The van der Waals surface area contributed by atoms with E-state index in [9.17, 15) is 9.18 Å². The first-order chi connectivity index (χ1) is 12.1. The number of rotatable bonds is 6. The topological polar surface area (TPSA) is 36.1 Å². The van der Waals surface area contributed by atoms with E-state index in [-0.39, 0.29) is 17.5 Å². The highest BCUT2D eigenvalue weighted by Gasteiger charge is 2.30. The first kappa shape index (κ1) is 17.9. The van der Waals surface area contributed by atoms with E-state index < -0.39 is 0 Å². The van der Waals surface area contributed by atoms with Gasteiger partial charge in [-0.2, -0.15) is 0 Å². The van der Waals surface area contributed by atoms with Gasteiger partial charge in [0.2, 0.25) is 0 Å². The van der Waals surface area contributed by atoms with Crippen molar-refractivity contribution in [3.05, 3.63) is 47.4 Å². The van der Waals surface area contributed by atoms with Gasteiger partial charge in [-0.3, -0.25) is 9.69 Å². The summed E-state index contributed by atoms with van der Waals surface area (Å²) in [6, 6.07) is 6.43. The number of hydrogen-bond acceptors (Lipinski definition) is 2. The van der Waals surface area contributed by atoms with Crippen molar-refractivity contribution < 1.29 is 9.18 Å². The van der Waals surface area contributed by atoms with Gasteiger partial charge in [0.05, 0.1) is 5.69 Å². The molecule has 1 aliphatic rings. The van der Waals surface area contributed by atoms with Crippen molar-refractivity contribution in [1.29, 1.82) is 0 Å². The lowest BCUT2D eigenvalue weighted by Gasteiger charge is -2.33. The normalized spacial score (nSPS) is 20.4. The molecule has 0 saturated carbocycles. The van der Waals surface area contributed by atoms with E-state index in [1.807, 2.05) is 13.0 Å². The molecular weight excluding hydrogens is 315 g/mol. The summed E-state index contributed by atoms with van der Waals surface area (Å²) in [4.78, 5) is 18.6. The molecule has 4 heteroatoms. The number of benzene rings is 1. The van der Waals surface area contributed by atoms with Crippen molar-refractivity contribution >= 4 is 16.7 Å². The predicted octanol–water partition coefficient (Wildman–Crippen LogP) is 4.95. The molecule has 1 aliphatic heterocycles. The van der Waals surface area contributed by atoms with Gasteiger partial charge in [0.1, 0.15) is 5.82 Å². The molecule has 0 spiro atoms. The molecule has 25 heavy (non-hydrogen) atoms. The van der Waals surface area contributed by atoms with Gasteiger partial charge in [0.25, 0.3) is 0 Å². The number of Topliss-reactive ketones (excluding diaryl/α,β-unsaturated/α-hetero) is 1. The molecular formula is C21H27FN2O. The molecule has 0 amide bonds. The first-order valence-electron chi connectivity index (χ1n) is 9.32. The summed E-state index contributed by atoms with van der Waals surface area (Å²) in [6.45, 7) is 7.19. The molecule has 134 valence electrons. The number of nitrogens with zero attached hydrogens (tertiary/aromatic N) is 1. The summed E-state index contributed by atoms with van der Waals surface area (Å²) in [5.74, 6) is -0.230. The highest BCUT2D eigenvalue weighted by molar-refractivity contribution is 6.02. The van der Waals surface area contributed by atoms with Crippen LogP contribution in [0.5, 0.6) is 0 Å². The maximum atomic E-state index is 13.4. The van der Waals surface area contributed by atoms with Gasteiger partial charge in [-0.1, -0.05) is 25.8 Å². The van der Waals surface area contributed by atoms with Gasteiger partial charge in [-0.05, 0) is 62.7 Å². The standard InChI is InChI=1S/C21H27FN2O/c1-3-5-6-10-24-11-9-18(15(4-2)14-24)21(25)20-12-16-7-8-17(22)13-19(16)23-20/h4,7-8,12-13,18,23H,3,5-6,9-11,14H2,1-2H3/b15-4-/t18-/m1/s1. The average Bonchev–Trinajstić information content (AvgIpc) is 3.04. The fourth-order valence-corrected chi connectivity index (χ4v) is 3.73. The number of hydrogen-bond donors (Lipinski definition) is 1. The maximum absolute atomic E-state index is 13.4. The highest BCUT2D eigenvalue weighted by Crippen LogP contribution is 2.28. The fraction of sp³-hybridized carbons (Fsp3) is 0.476. The molecule has 1 aromatic carbocycles. The number of carbonyl (C=O) groups is 1. The van der Waals surface area contributed by atoms with E-state index in [2.05, 4.69) is 22.9 Å². The van der Waals surface area contributed by atoms with E-state index in [1.54, 1.807) is 6.07 Å². The second-order valence-corrected chi connectivity index (χ2v) is 6.97. The summed E-state index contributed by atoms with van der Waals surface area (Å²) in [6.07, 6.45) is 6.66. The number of likely N-dealkylation sites (tertiary alicyclic amines) is 1. The number of ketones is 1. The van der Waals surface area contributed by atoms with Crippen molar-refractivity contribution in [2.45, 2.75) is 39.5 Å². The molecule has 3 rings (SSSR count).